The number of hydrogen-bond acceptors (Lipinski definition) is 4. The number of nitrogens with zero attached hydrogens (tertiary/aromatic N) is 2. The number of morpholine rings is 1. The van der Waals surface area contributed by atoms with Crippen LogP contribution < -0.4 is 5.73 Å². The van der Waals surface area contributed by atoms with Gasteiger partial charge in [0.15, 0.2) is 0 Å². The molecule has 1 saturated heterocycles. The van der Waals surface area contributed by atoms with E-state index in [4.69, 9.17) is 33.7 Å². The van der Waals surface area contributed by atoms with Crippen molar-refractivity contribution in [3.05, 3.63) is 33.8 Å². The number of carbonyl (C=O) groups is 2. The molecule has 1 heterocycles. The molecule has 0 saturated carbocycles. The van der Waals surface area contributed by atoms with Crippen LogP contribution in [0.5, 0.6) is 0 Å². The second kappa shape index (κ2) is 7.27. The lowest BCUT2D eigenvalue weighted by Crippen LogP contribution is -2.47. The van der Waals surface area contributed by atoms with Gasteiger partial charge in [-0.15, -0.1) is 0 Å². The molecule has 1 aromatic carbocycles. The van der Waals surface area contributed by atoms with E-state index in [2.05, 4.69) is 4.99 Å². The first-order valence-corrected chi connectivity index (χ1v) is 7.49. The molecular formula is C14H15Cl2N3O4. The van der Waals surface area contributed by atoms with Gasteiger partial charge in [-0.3, -0.25) is 9.59 Å². The summed E-state index contributed by atoms with van der Waals surface area (Å²) in [6.07, 6.45) is 1.26. The molecule has 7 nitrogen and oxygen atoms in total. The molecule has 1 fully saturated rings. The lowest BCUT2D eigenvalue weighted by Gasteiger charge is -2.25. The topological polar surface area (TPSA) is 105 Å². The molecule has 9 heteroatoms. The maximum absolute atomic E-state index is 12.3. The van der Waals surface area contributed by atoms with Crippen LogP contribution in [-0.2, 0) is 19.9 Å². The standard InChI is InChI=1S/C14H15Cl2N3O4/c15-10-2-1-9(7-11(10)16)14(22,12(17)20)13(21)18-8-19-3-5-23-6-4-19/h1-2,7-8,22H,3-6H2,(H2,17,20). The highest BCUT2D eigenvalue weighted by Gasteiger charge is 2.44. The Morgan fingerprint density at radius 2 is 1.96 bits per heavy atom. The first-order valence-electron chi connectivity index (χ1n) is 6.74. The van der Waals surface area contributed by atoms with Gasteiger partial charge in [0.1, 0.15) is 0 Å². The molecule has 2 rings (SSSR count). The Hall–Kier alpha value is -1.67. The Labute approximate surface area is 142 Å². The highest BCUT2D eigenvalue weighted by atomic mass is 35.5. The number of primary amides is 1. The van der Waals surface area contributed by atoms with Crippen molar-refractivity contribution in [3.63, 3.8) is 0 Å². The molecule has 124 valence electrons. The van der Waals surface area contributed by atoms with Gasteiger partial charge in [0.05, 0.1) is 29.6 Å². The number of nitrogens with two attached hydrogens (primary N) is 1. The van der Waals surface area contributed by atoms with E-state index in [1.165, 1.54) is 24.5 Å². The molecule has 0 aliphatic carbocycles. The number of rotatable bonds is 4. The highest BCUT2D eigenvalue weighted by molar-refractivity contribution is 6.42. The lowest BCUT2D eigenvalue weighted by molar-refractivity contribution is -0.150. The SMILES string of the molecule is NC(=O)C(O)(C(=O)N=CN1CCOCC1)c1ccc(Cl)c(Cl)c1. The van der Waals surface area contributed by atoms with E-state index in [9.17, 15) is 14.7 Å². The Morgan fingerprint density at radius 3 is 2.52 bits per heavy atom. The maximum Gasteiger partial charge on any atom is 0.293 e. The third-order valence-electron chi connectivity index (χ3n) is 3.39. The molecule has 3 N–H and O–H groups in total. The molecule has 2 amide bonds. The van der Waals surface area contributed by atoms with Crippen molar-refractivity contribution in [1.29, 1.82) is 0 Å². The summed E-state index contributed by atoms with van der Waals surface area (Å²) in [6, 6.07) is 3.85. The van der Waals surface area contributed by atoms with Crippen LogP contribution in [0.25, 0.3) is 0 Å². The molecule has 1 aromatic rings. The zero-order chi connectivity index (χ0) is 17.0. The predicted octanol–water partition coefficient (Wildman–Crippen LogP) is 0.553. The number of halogens is 2. The van der Waals surface area contributed by atoms with Crippen LogP contribution in [0.4, 0.5) is 0 Å². The van der Waals surface area contributed by atoms with Crippen LogP contribution in [0, 0.1) is 0 Å². The first kappa shape index (κ1) is 17.7. The third-order valence-corrected chi connectivity index (χ3v) is 4.13. The number of benzene rings is 1. The van der Waals surface area contributed by atoms with Crippen LogP contribution in [0.3, 0.4) is 0 Å². The summed E-state index contributed by atoms with van der Waals surface area (Å²) in [5.74, 6) is -2.35. The summed E-state index contributed by atoms with van der Waals surface area (Å²) < 4.78 is 5.17. The molecular weight excluding hydrogens is 345 g/mol. The first-order chi connectivity index (χ1) is 10.9. The van der Waals surface area contributed by atoms with E-state index >= 15 is 0 Å². The number of carbonyl (C=O) groups excluding carboxylic acids is 2. The van der Waals surface area contributed by atoms with Gasteiger partial charge in [-0.25, -0.2) is 4.99 Å². The normalized spacial score (nSPS) is 18.0. The van der Waals surface area contributed by atoms with Gasteiger partial charge in [0, 0.05) is 18.7 Å². The van der Waals surface area contributed by atoms with Gasteiger partial charge in [0.25, 0.3) is 11.8 Å². The van der Waals surface area contributed by atoms with Crippen molar-refractivity contribution in [2.75, 3.05) is 26.3 Å². The van der Waals surface area contributed by atoms with Gasteiger partial charge in [-0.05, 0) is 12.1 Å². The van der Waals surface area contributed by atoms with E-state index in [-0.39, 0.29) is 15.6 Å². The molecule has 1 aliphatic rings. The number of aliphatic hydroxyl groups is 1. The van der Waals surface area contributed by atoms with Crippen molar-refractivity contribution in [1.82, 2.24) is 4.90 Å². The van der Waals surface area contributed by atoms with E-state index in [1.807, 2.05) is 0 Å². The minimum atomic E-state index is -2.61. The fraction of sp³-hybridized carbons (Fsp3) is 0.357. The smallest absolute Gasteiger partial charge is 0.293 e. The second-order valence-electron chi connectivity index (χ2n) is 4.90. The monoisotopic (exact) mass is 359 g/mol. The Kier molecular flexibility index (Phi) is 5.59. The van der Waals surface area contributed by atoms with E-state index in [0.717, 1.165) is 0 Å². The average molecular weight is 360 g/mol. The van der Waals surface area contributed by atoms with Gasteiger partial charge in [0.2, 0.25) is 5.60 Å². The summed E-state index contributed by atoms with van der Waals surface area (Å²) in [7, 11) is 0. The molecule has 1 unspecified atom stereocenters. The zero-order valence-corrected chi connectivity index (χ0v) is 13.5. The summed E-state index contributed by atoms with van der Waals surface area (Å²) >= 11 is 11.7. The second-order valence-corrected chi connectivity index (χ2v) is 5.72. The zero-order valence-electron chi connectivity index (χ0n) is 12.0. The van der Waals surface area contributed by atoms with Gasteiger partial charge in [-0.1, -0.05) is 29.3 Å². The number of ether oxygens (including phenoxy) is 1. The van der Waals surface area contributed by atoms with Gasteiger partial charge >= 0.3 is 0 Å². The van der Waals surface area contributed by atoms with Gasteiger partial charge in [-0.2, -0.15) is 0 Å². The highest BCUT2D eigenvalue weighted by Crippen LogP contribution is 2.29. The maximum atomic E-state index is 12.3. The quantitative estimate of drug-likeness (QED) is 0.464. The van der Waals surface area contributed by atoms with Crippen molar-refractivity contribution in [2.24, 2.45) is 10.7 Å². The van der Waals surface area contributed by atoms with Crippen molar-refractivity contribution in [3.8, 4) is 0 Å². The molecule has 1 atom stereocenters. The van der Waals surface area contributed by atoms with E-state index in [1.54, 1.807) is 4.90 Å². The minimum Gasteiger partial charge on any atom is -0.378 e. The Morgan fingerprint density at radius 1 is 1.30 bits per heavy atom. The average Bonchev–Trinajstić information content (AvgIpc) is 2.55. The Balaban J connectivity index is 2.28. The molecule has 23 heavy (non-hydrogen) atoms. The molecule has 0 aromatic heterocycles. The van der Waals surface area contributed by atoms with Crippen molar-refractivity contribution in [2.45, 2.75) is 5.60 Å². The predicted molar refractivity (Wildman–Crippen MR) is 85.4 cm³/mol. The van der Waals surface area contributed by atoms with Crippen LogP contribution in [0.2, 0.25) is 10.0 Å². The fourth-order valence-corrected chi connectivity index (χ4v) is 2.31. The third kappa shape index (κ3) is 3.81. The molecule has 1 aliphatic heterocycles. The summed E-state index contributed by atoms with van der Waals surface area (Å²) in [5, 5.41) is 10.8. The largest absolute Gasteiger partial charge is 0.378 e. The van der Waals surface area contributed by atoms with Crippen molar-refractivity contribution < 1.29 is 19.4 Å². The van der Waals surface area contributed by atoms with Crippen molar-refractivity contribution >= 4 is 41.4 Å². The summed E-state index contributed by atoms with van der Waals surface area (Å²) in [6.45, 7) is 2.12. The van der Waals surface area contributed by atoms with E-state index in [0.29, 0.717) is 26.3 Å². The van der Waals surface area contributed by atoms with Gasteiger partial charge < -0.3 is 20.5 Å². The van der Waals surface area contributed by atoms with E-state index < -0.39 is 17.4 Å². The summed E-state index contributed by atoms with van der Waals surface area (Å²) in [4.78, 5) is 29.3. The molecule has 0 bridgehead atoms. The molecule has 0 radical (unpaired) electrons. The minimum absolute atomic E-state index is 0.0776. The number of aliphatic imine (C=N–C) groups is 1. The number of hydrogen-bond donors (Lipinski definition) is 2. The van der Waals surface area contributed by atoms with Crippen LogP contribution in [0.15, 0.2) is 23.2 Å². The van der Waals surface area contributed by atoms with Crippen LogP contribution in [-0.4, -0.2) is 54.5 Å². The van der Waals surface area contributed by atoms with Crippen LogP contribution in [0.1, 0.15) is 5.56 Å². The lowest BCUT2D eigenvalue weighted by atomic mass is 9.92. The fourth-order valence-electron chi connectivity index (χ4n) is 2.01. The number of amides is 2. The Bertz CT molecular complexity index is 647. The van der Waals surface area contributed by atoms with Crippen LogP contribution >= 0.6 is 23.2 Å². The summed E-state index contributed by atoms with van der Waals surface area (Å²) in [5.41, 5.74) is 2.50. The molecule has 0 spiro atoms.